The van der Waals surface area contributed by atoms with Crippen molar-refractivity contribution in [2.45, 2.75) is 220 Å². The zero-order valence-corrected chi connectivity index (χ0v) is 34.6. The normalized spacial score (nSPS) is 17.4. The van der Waals surface area contributed by atoms with Crippen LogP contribution in [0.4, 0.5) is 0 Å². The van der Waals surface area contributed by atoms with Gasteiger partial charge in [0.25, 0.3) is 0 Å². The Morgan fingerprint density at radius 3 is 1.02 bits per heavy atom. The van der Waals surface area contributed by atoms with Crippen molar-refractivity contribution in [3.63, 3.8) is 0 Å². The lowest BCUT2D eigenvalue weighted by molar-refractivity contribution is 0.00715. The Kier molecular flexibility index (Phi) is 29.9. The van der Waals surface area contributed by atoms with E-state index in [1.165, 1.54) is 154 Å². The summed E-state index contributed by atoms with van der Waals surface area (Å²) in [5.41, 5.74) is 0. The van der Waals surface area contributed by atoms with Crippen LogP contribution >= 0.6 is 0 Å². The lowest BCUT2D eigenvalue weighted by Gasteiger charge is -2.32. The Hall–Kier alpha value is -1.30. The summed E-state index contributed by atoms with van der Waals surface area (Å²) in [7, 11) is 0. The predicted molar refractivity (Wildman–Crippen MR) is 221 cm³/mol. The molecule has 51 heavy (non-hydrogen) atoms. The summed E-state index contributed by atoms with van der Waals surface area (Å²) in [5, 5.41) is 0. The quantitative estimate of drug-likeness (QED) is 0.0741. The van der Waals surface area contributed by atoms with Gasteiger partial charge in [0.1, 0.15) is 11.5 Å². The molecule has 2 aliphatic rings. The van der Waals surface area contributed by atoms with Gasteiger partial charge in [-0.1, -0.05) is 169 Å². The molecule has 0 spiro atoms. The van der Waals surface area contributed by atoms with Crippen LogP contribution in [-0.2, 0) is 4.74 Å². The van der Waals surface area contributed by atoms with Crippen molar-refractivity contribution in [2.24, 2.45) is 0 Å². The fourth-order valence-electron chi connectivity index (χ4n) is 7.69. The van der Waals surface area contributed by atoms with E-state index in [-0.39, 0.29) is 12.5 Å². The molecule has 0 amide bonds. The second-order valence-electron chi connectivity index (χ2n) is 15.5. The maximum Gasteiger partial charge on any atom is 0.152 e. The highest BCUT2D eigenvalue weighted by Gasteiger charge is 2.21. The van der Waals surface area contributed by atoms with Gasteiger partial charge in [-0.2, -0.15) is 0 Å². The molecular weight excluding hydrogens is 629 g/mol. The second kappa shape index (κ2) is 33.3. The van der Waals surface area contributed by atoms with Crippen LogP contribution in [0.25, 0.3) is 0 Å². The molecule has 1 aromatic carbocycles. The van der Waals surface area contributed by atoms with Crippen LogP contribution in [0.3, 0.4) is 0 Å². The lowest BCUT2D eigenvalue weighted by Crippen LogP contribution is -2.40. The van der Waals surface area contributed by atoms with Gasteiger partial charge in [0.15, 0.2) is 12.5 Å². The first-order valence-corrected chi connectivity index (χ1v) is 22.7. The number of hydrogen-bond donors (Lipinski definition) is 0. The minimum Gasteiger partial charge on any atom is -0.475 e. The van der Waals surface area contributed by atoms with E-state index >= 15 is 0 Å². The molecule has 0 aliphatic carbocycles. The number of hydrogen-bond acceptors (Lipinski definition) is 5. The maximum absolute atomic E-state index is 6.68. The molecule has 0 saturated carbocycles. The van der Waals surface area contributed by atoms with Gasteiger partial charge in [-0.25, -0.2) is 0 Å². The third kappa shape index (κ3) is 23.9. The van der Waals surface area contributed by atoms with E-state index in [2.05, 4.69) is 61.8 Å². The number of rotatable bonds is 30. The average molecular weight is 715 g/mol. The van der Waals surface area contributed by atoms with Crippen LogP contribution in [0.2, 0.25) is 0 Å². The highest BCUT2D eigenvalue weighted by molar-refractivity contribution is 5.31. The van der Waals surface area contributed by atoms with Crippen molar-refractivity contribution < 1.29 is 14.2 Å². The minimum atomic E-state index is 0.0853. The first-order chi connectivity index (χ1) is 25.2. The van der Waals surface area contributed by atoms with E-state index in [0.717, 1.165) is 76.6 Å². The Morgan fingerprint density at radius 1 is 0.431 bits per heavy atom. The molecule has 0 saturated heterocycles. The van der Waals surface area contributed by atoms with Crippen molar-refractivity contribution in [2.75, 3.05) is 39.4 Å². The third-order valence-corrected chi connectivity index (χ3v) is 11.1. The fourth-order valence-corrected chi connectivity index (χ4v) is 7.69. The fraction of sp³-hybridized carbons (Fsp3) is 0.870. The number of unbranched alkanes of at least 4 members (excludes halogenated alkanes) is 22. The van der Waals surface area contributed by atoms with Crippen LogP contribution in [0.5, 0.6) is 11.5 Å². The molecule has 0 fully saturated rings. The molecule has 0 radical (unpaired) electrons. The highest BCUT2D eigenvalue weighted by Crippen LogP contribution is 2.25. The smallest absolute Gasteiger partial charge is 0.152 e. The zero-order chi connectivity index (χ0) is 36.5. The first-order valence-electron chi connectivity index (χ1n) is 22.7. The summed E-state index contributed by atoms with van der Waals surface area (Å²) in [4.78, 5) is 5.09. The van der Waals surface area contributed by atoms with E-state index in [1.54, 1.807) is 0 Å². The van der Waals surface area contributed by atoms with Gasteiger partial charge in [-0.05, 0) is 63.0 Å². The van der Waals surface area contributed by atoms with Crippen LogP contribution in [-0.4, -0.2) is 61.6 Å². The van der Waals surface area contributed by atoms with Crippen molar-refractivity contribution in [1.82, 2.24) is 9.80 Å². The molecule has 0 aromatic heterocycles. The van der Waals surface area contributed by atoms with Crippen LogP contribution < -0.4 is 9.47 Å². The average Bonchev–Trinajstić information content (AvgIpc) is 3.16. The second-order valence-corrected chi connectivity index (χ2v) is 15.5. The summed E-state index contributed by atoms with van der Waals surface area (Å²) in [6.45, 7) is 15.0. The molecule has 2 aliphatic heterocycles. The van der Waals surface area contributed by atoms with Gasteiger partial charge in [0.05, 0.1) is 0 Å². The molecular formula is C46H86N2O3. The highest BCUT2D eigenvalue weighted by atomic mass is 16.5. The van der Waals surface area contributed by atoms with Gasteiger partial charge in [-0.3, -0.25) is 9.80 Å². The number of ether oxygens (including phenoxy) is 3. The monoisotopic (exact) mass is 715 g/mol. The standard InChI is InChI=1S/C46H86N2O3/c1-5-9-11-13-15-17-19-21-23-25-27-29-39-47(7-3)45-33-31-41-49-42-32-34-46(51-44-37-35-43(50-45)36-38-44)48(8-4)40-30-28-26-24-22-20-18-16-14-12-10-6-2/h35-38,45-46H,5-34,39-42H2,1-4H3. The van der Waals surface area contributed by atoms with Gasteiger partial charge in [-0.15, -0.1) is 0 Å². The lowest BCUT2D eigenvalue weighted by atomic mass is 10.1. The van der Waals surface area contributed by atoms with Crippen molar-refractivity contribution in [1.29, 1.82) is 0 Å². The Bertz CT molecular complexity index is 796. The van der Waals surface area contributed by atoms with E-state index in [1.807, 2.05) is 0 Å². The van der Waals surface area contributed by atoms with Crippen LogP contribution in [0, 0.1) is 0 Å². The molecule has 2 atom stereocenters. The van der Waals surface area contributed by atoms with Crippen LogP contribution in [0.1, 0.15) is 207 Å². The van der Waals surface area contributed by atoms with E-state index in [0.29, 0.717) is 0 Å². The molecule has 298 valence electrons. The SMILES string of the molecule is CCCCCCCCCCCCCCN(CC)C1CCCOCCCC(N(CC)CCCCCCCCCCCCCC)Oc2ccc(cc2)O1. The summed E-state index contributed by atoms with van der Waals surface area (Å²) in [6.07, 6.45) is 37.5. The molecule has 0 N–H and O–H groups in total. The molecule has 2 unspecified atom stereocenters. The largest absolute Gasteiger partial charge is 0.475 e. The van der Waals surface area contributed by atoms with Crippen molar-refractivity contribution in [3.8, 4) is 11.5 Å². The predicted octanol–water partition coefficient (Wildman–Crippen LogP) is 13.7. The molecule has 1 aromatic rings. The Labute approximate surface area is 318 Å². The van der Waals surface area contributed by atoms with Crippen molar-refractivity contribution in [3.05, 3.63) is 24.3 Å². The first kappa shape index (κ1) is 45.9. The summed E-state index contributed by atoms with van der Waals surface area (Å²) >= 11 is 0. The summed E-state index contributed by atoms with van der Waals surface area (Å²) in [6, 6.07) is 8.48. The van der Waals surface area contributed by atoms with E-state index < -0.39 is 0 Å². The number of fused-ring (bicyclic) bond motifs is 12. The molecule has 2 heterocycles. The van der Waals surface area contributed by atoms with Crippen molar-refractivity contribution >= 4 is 0 Å². The Morgan fingerprint density at radius 2 is 0.725 bits per heavy atom. The molecule has 3 rings (SSSR count). The zero-order valence-electron chi connectivity index (χ0n) is 34.6. The third-order valence-electron chi connectivity index (χ3n) is 11.1. The minimum absolute atomic E-state index is 0.0853. The Balaban J connectivity index is 1.76. The topological polar surface area (TPSA) is 34.2 Å². The van der Waals surface area contributed by atoms with Gasteiger partial charge < -0.3 is 14.2 Å². The summed E-state index contributed by atoms with van der Waals surface area (Å²) in [5.74, 6) is 1.88. The van der Waals surface area contributed by atoms with Gasteiger partial charge >= 0.3 is 0 Å². The maximum atomic E-state index is 6.68. The molecule has 2 bridgehead atoms. The summed E-state index contributed by atoms with van der Waals surface area (Å²) < 4.78 is 19.5. The van der Waals surface area contributed by atoms with E-state index in [4.69, 9.17) is 14.2 Å². The molecule has 5 heteroatoms. The van der Waals surface area contributed by atoms with E-state index in [9.17, 15) is 0 Å². The van der Waals surface area contributed by atoms with Gasteiger partial charge in [0, 0.05) is 39.1 Å². The number of benzene rings is 1. The van der Waals surface area contributed by atoms with Gasteiger partial charge in [0.2, 0.25) is 0 Å². The van der Waals surface area contributed by atoms with Crippen LogP contribution in [0.15, 0.2) is 24.3 Å². The number of nitrogens with zero attached hydrogens (tertiary/aromatic N) is 2. The molecule has 5 nitrogen and oxygen atoms in total.